The lowest BCUT2D eigenvalue weighted by atomic mass is 9.91. The normalized spacial score (nSPS) is 24.6. The van der Waals surface area contributed by atoms with E-state index in [0.29, 0.717) is 0 Å². The maximum Gasteiger partial charge on any atom is 0.0544 e. The minimum Gasteiger partial charge on any atom is -0.327 e. The van der Waals surface area contributed by atoms with Gasteiger partial charge in [0.1, 0.15) is 0 Å². The van der Waals surface area contributed by atoms with Crippen LogP contribution in [0, 0.1) is 5.92 Å². The van der Waals surface area contributed by atoms with Gasteiger partial charge in [-0.3, -0.25) is 0 Å². The average Bonchev–Trinajstić information content (AvgIpc) is 2.42. The minimum absolute atomic E-state index is 0.240. The van der Waals surface area contributed by atoms with Gasteiger partial charge >= 0.3 is 0 Å². The Hall–Kier alpha value is -0.180. The number of thioether (sulfide) groups is 1. The van der Waals surface area contributed by atoms with Gasteiger partial charge in [0.25, 0.3) is 0 Å². The molecule has 0 aliphatic heterocycles. The largest absolute Gasteiger partial charge is 0.327 e. The summed E-state index contributed by atoms with van der Waals surface area (Å²) in [4.78, 5) is 1.24. The zero-order chi connectivity index (χ0) is 14.5. The summed E-state index contributed by atoms with van der Waals surface area (Å²) in [6.45, 7) is 4.49. The average molecular weight is 312 g/mol. The first-order valence-corrected chi connectivity index (χ1v) is 9.05. The summed E-state index contributed by atoms with van der Waals surface area (Å²) in [7, 11) is 0. The molecule has 0 heterocycles. The Balaban J connectivity index is 1.98. The first-order chi connectivity index (χ1) is 9.58. The van der Waals surface area contributed by atoms with Gasteiger partial charge in [0, 0.05) is 16.2 Å². The number of benzene rings is 1. The smallest absolute Gasteiger partial charge is 0.0544 e. The third-order valence-corrected chi connectivity index (χ3v) is 6.00. The quantitative estimate of drug-likeness (QED) is 0.799. The van der Waals surface area contributed by atoms with E-state index in [9.17, 15) is 0 Å². The standard InChI is InChI=1S/C17H26ClNS/c1-3-14(19)10-13-7-8-17(16(18)11-13)20-15-6-4-5-12(2)9-15/h7-8,11-12,14-15H,3-6,9-10,19H2,1-2H3. The number of rotatable bonds is 5. The lowest BCUT2D eigenvalue weighted by Gasteiger charge is -2.26. The van der Waals surface area contributed by atoms with E-state index in [1.54, 1.807) is 0 Å². The molecule has 3 heteroatoms. The van der Waals surface area contributed by atoms with E-state index in [1.165, 1.54) is 36.1 Å². The highest BCUT2D eigenvalue weighted by Crippen LogP contribution is 2.39. The van der Waals surface area contributed by atoms with Gasteiger partial charge < -0.3 is 5.73 Å². The van der Waals surface area contributed by atoms with Crippen molar-refractivity contribution in [1.82, 2.24) is 0 Å². The van der Waals surface area contributed by atoms with Crippen molar-refractivity contribution < 1.29 is 0 Å². The lowest BCUT2D eigenvalue weighted by molar-refractivity contribution is 0.394. The molecule has 20 heavy (non-hydrogen) atoms. The Labute approximate surface area is 132 Å². The molecule has 3 atom stereocenters. The molecule has 0 spiro atoms. The second-order valence-corrected chi connectivity index (χ2v) is 7.90. The Kier molecular flexibility index (Phi) is 6.25. The van der Waals surface area contributed by atoms with Crippen LogP contribution >= 0.6 is 23.4 Å². The first-order valence-electron chi connectivity index (χ1n) is 7.79. The van der Waals surface area contributed by atoms with E-state index in [-0.39, 0.29) is 6.04 Å². The zero-order valence-corrected chi connectivity index (χ0v) is 14.1. The van der Waals surface area contributed by atoms with Crippen molar-refractivity contribution in [3.05, 3.63) is 28.8 Å². The molecule has 1 saturated carbocycles. The van der Waals surface area contributed by atoms with E-state index in [0.717, 1.165) is 29.0 Å². The van der Waals surface area contributed by atoms with E-state index >= 15 is 0 Å². The highest BCUT2D eigenvalue weighted by Gasteiger charge is 2.20. The highest BCUT2D eigenvalue weighted by atomic mass is 35.5. The summed E-state index contributed by atoms with van der Waals surface area (Å²) >= 11 is 8.42. The van der Waals surface area contributed by atoms with Crippen molar-refractivity contribution in [3.63, 3.8) is 0 Å². The topological polar surface area (TPSA) is 26.0 Å². The molecular weight excluding hydrogens is 286 g/mol. The molecule has 1 fully saturated rings. The van der Waals surface area contributed by atoms with Gasteiger partial charge in [-0.25, -0.2) is 0 Å². The third kappa shape index (κ3) is 4.68. The Morgan fingerprint density at radius 1 is 1.40 bits per heavy atom. The van der Waals surface area contributed by atoms with Crippen molar-refractivity contribution in [2.24, 2.45) is 11.7 Å². The van der Waals surface area contributed by atoms with Crippen LogP contribution in [0.3, 0.4) is 0 Å². The molecule has 0 saturated heterocycles. The van der Waals surface area contributed by atoms with Gasteiger partial charge in [-0.05, 0) is 49.3 Å². The van der Waals surface area contributed by atoms with Crippen molar-refractivity contribution in [3.8, 4) is 0 Å². The van der Waals surface area contributed by atoms with Gasteiger partial charge in [-0.2, -0.15) is 0 Å². The molecule has 3 unspecified atom stereocenters. The monoisotopic (exact) mass is 311 g/mol. The van der Waals surface area contributed by atoms with Crippen LogP contribution in [-0.2, 0) is 6.42 Å². The number of hydrogen-bond donors (Lipinski definition) is 1. The van der Waals surface area contributed by atoms with Crippen LogP contribution < -0.4 is 5.73 Å². The number of nitrogens with two attached hydrogens (primary N) is 1. The van der Waals surface area contributed by atoms with Gasteiger partial charge in [0.05, 0.1) is 5.02 Å². The second-order valence-electron chi connectivity index (χ2n) is 6.15. The van der Waals surface area contributed by atoms with Gasteiger partial charge in [0.15, 0.2) is 0 Å². The maximum atomic E-state index is 6.45. The highest BCUT2D eigenvalue weighted by molar-refractivity contribution is 8.00. The summed E-state index contributed by atoms with van der Waals surface area (Å²) in [6, 6.07) is 6.72. The fourth-order valence-corrected chi connectivity index (χ4v) is 4.60. The van der Waals surface area contributed by atoms with Crippen LogP contribution in [0.1, 0.15) is 51.5 Å². The molecule has 1 aliphatic carbocycles. The van der Waals surface area contributed by atoms with Crippen LogP contribution in [0.5, 0.6) is 0 Å². The van der Waals surface area contributed by atoms with Crippen molar-refractivity contribution >= 4 is 23.4 Å². The van der Waals surface area contributed by atoms with Gasteiger partial charge in [-0.15, -0.1) is 11.8 Å². The third-order valence-electron chi connectivity index (χ3n) is 4.20. The summed E-state index contributed by atoms with van der Waals surface area (Å²) < 4.78 is 0. The predicted molar refractivity (Wildman–Crippen MR) is 90.7 cm³/mol. The predicted octanol–water partition coefficient (Wildman–Crippen LogP) is 5.29. The first kappa shape index (κ1) is 16.2. The molecule has 112 valence electrons. The minimum atomic E-state index is 0.240. The molecule has 2 rings (SSSR count). The van der Waals surface area contributed by atoms with Crippen LogP contribution in [0.2, 0.25) is 5.02 Å². The van der Waals surface area contributed by atoms with E-state index < -0.39 is 0 Å². The molecule has 1 nitrogen and oxygen atoms in total. The molecule has 1 aromatic carbocycles. The lowest BCUT2D eigenvalue weighted by Crippen LogP contribution is -2.21. The Bertz CT molecular complexity index is 435. The maximum absolute atomic E-state index is 6.45. The van der Waals surface area contributed by atoms with E-state index in [2.05, 4.69) is 32.0 Å². The molecule has 1 aromatic rings. The Morgan fingerprint density at radius 2 is 2.20 bits per heavy atom. The Morgan fingerprint density at radius 3 is 2.85 bits per heavy atom. The van der Waals surface area contributed by atoms with E-state index in [1.807, 2.05) is 11.8 Å². The molecule has 0 bridgehead atoms. The fourth-order valence-electron chi connectivity index (χ4n) is 2.88. The molecule has 0 aromatic heterocycles. The fraction of sp³-hybridized carbons (Fsp3) is 0.647. The van der Waals surface area contributed by atoms with Gasteiger partial charge in [-0.1, -0.05) is 44.4 Å². The van der Waals surface area contributed by atoms with Crippen LogP contribution in [-0.4, -0.2) is 11.3 Å². The number of halogens is 1. The van der Waals surface area contributed by atoms with Crippen LogP contribution in [0.25, 0.3) is 0 Å². The van der Waals surface area contributed by atoms with Crippen LogP contribution in [0.4, 0.5) is 0 Å². The van der Waals surface area contributed by atoms with Crippen molar-refractivity contribution in [2.75, 3.05) is 0 Å². The summed E-state index contributed by atoms with van der Waals surface area (Å²) in [5, 5.41) is 1.63. The number of hydrogen-bond acceptors (Lipinski definition) is 2. The zero-order valence-electron chi connectivity index (χ0n) is 12.6. The van der Waals surface area contributed by atoms with Crippen molar-refractivity contribution in [1.29, 1.82) is 0 Å². The summed E-state index contributed by atoms with van der Waals surface area (Å²) in [5.74, 6) is 0.863. The molecule has 1 aliphatic rings. The molecule has 2 N–H and O–H groups in total. The molecule has 0 radical (unpaired) electrons. The summed E-state index contributed by atoms with van der Waals surface area (Å²) in [6.07, 6.45) is 7.32. The molecule has 0 amide bonds. The second kappa shape index (κ2) is 7.72. The van der Waals surface area contributed by atoms with Crippen LogP contribution in [0.15, 0.2) is 23.1 Å². The molecular formula is C17H26ClNS. The van der Waals surface area contributed by atoms with E-state index in [4.69, 9.17) is 17.3 Å². The summed E-state index contributed by atoms with van der Waals surface area (Å²) in [5.41, 5.74) is 7.26. The van der Waals surface area contributed by atoms with Gasteiger partial charge in [0.2, 0.25) is 0 Å². The SMILES string of the molecule is CCC(N)Cc1ccc(SC2CCCC(C)C2)c(Cl)c1. The van der Waals surface area contributed by atoms with Crippen molar-refractivity contribution in [2.45, 2.75) is 68.6 Å².